The maximum Gasteiger partial charge on any atom is 0.252 e. The van der Waals surface area contributed by atoms with Gasteiger partial charge in [0.15, 0.2) is 11.6 Å². The van der Waals surface area contributed by atoms with Crippen LogP contribution in [0, 0.1) is 5.92 Å². The quantitative estimate of drug-likeness (QED) is 0.136. The first-order valence-electron chi connectivity index (χ1n) is 12.0. The van der Waals surface area contributed by atoms with Gasteiger partial charge in [0.2, 0.25) is 5.90 Å². The molecule has 36 heavy (non-hydrogen) atoms. The average Bonchev–Trinajstić information content (AvgIpc) is 3.27. The van der Waals surface area contributed by atoms with E-state index in [2.05, 4.69) is 21.9 Å². The Hall–Kier alpha value is -3.81. The van der Waals surface area contributed by atoms with Gasteiger partial charge in [-0.25, -0.2) is 4.99 Å². The summed E-state index contributed by atoms with van der Waals surface area (Å²) in [5.74, 6) is 1.00. The van der Waals surface area contributed by atoms with Crippen LogP contribution in [-0.2, 0) is 16.1 Å². The van der Waals surface area contributed by atoms with E-state index in [1.807, 2.05) is 50.2 Å². The summed E-state index contributed by atoms with van der Waals surface area (Å²) in [4.78, 5) is 21.4. The van der Waals surface area contributed by atoms with Crippen LogP contribution in [0.3, 0.4) is 0 Å². The van der Waals surface area contributed by atoms with Crippen LogP contribution < -0.4 is 10.1 Å². The van der Waals surface area contributed by atoms with Crippen LogP contribution in [0.2, 0.25) is 0 Å². The van der Waals surface area contributed by atoms with E-state index >= 15 is 0 Å². The number of rotatable bonds is 13. The Morgan fingerprint density at radius 1 is 1.33 bits per heavy atom. The van der Waals surface area contributed by atoms with Crippen LogP contribution in [0.25, 0.3) is 10.4 Å². The van der Waals surface area contributed by atoms with Gasteiger partial charge in [0.25, 0.3) is 5.91 Å². The van der Waals surface area contributed by atoms with Crippen LogP contribution in [0.1, 0.15) is 49.5 Å². The van der Waals surface area contributed by atoms with E-state index in [0.29, 0.717) is 36.8 Å². The van der Waals surface area contributed by atoms with Crippen molar-refractivity contribution in [3.63, 3.8) is 0 Å². The maximum atomic E-state index is 13.7. The van der Waals surface area contributed by atoms with E-state index in [9.17, 15) is 4.79 Å². The molecular weight excluding hydrogens is 458 g/mol. The largest absolute Gasteiger partial charge is 0.494 e. The van der Waals surface area contributed by atoms with E-state index in [1.54, 1.807) is 18.2 Å². The molecule has 1 heterocycles. The summed E-state index contributed by atoms with van der Waals surface area (Å²) < 4.78 is 12.0. The minimum Gasteiger partial charge on any atom is -0.494 e. The number of benzene rings is 2. The second kappa shape index (κ2) is 12.8. The number of carbonyl (C=O) groups excluding carboxylic acids is 1. The number of hydrogen-bond donors (Lipinski definition) is 2. The minimum atomic E-state index is -1.28. The molecule has 9 heteroatoms. The highest BCUT2D eigenvalue weighted by atomic mass is 16.5. The molecule has 2 aromatic rings. The second-order valence-corrected chi connectivity index (χ2v) is 8.97. The molecule has 0 aromatic heterocycles. The average molecular weight is 492 g/mol. The van der Waals surface area contributed by atoms with E-state index in [1.165, 1.54) is 0 Å². The van der Waals surface area contributed by atoms with Crippen molar-refractivity contribution in [2.45, 2.75) is 44.9 Å². The first kappa shape index (κ1) is 26.8. The summed E-state index contributed by atoms with van der Waals surface area (Å²) in [7, 11) is 0. The SMILES string of the molecule is C=CC[C@@]1(C(=O)NCC(C)C)N=C(c2ccc(OCCCO)cc2)O[C@@H]1c1ccccc1CN=[N+]=[N-]. The van der Waals surface area contributed by atoms with Crippen LogP contribution in [-0.4, -0.2) is 42.2 Å². The summed E-state index contributed by atoms with van der Waals surface area (Å²) in [6, 6.07) is 14.7. The van der Waals surface area contributed by atoms with Gasteiger partial charge in [-0.15, -0.1) is 6.58 Å². The highest BCUT2D eigenvalue weighted by Gasteiger charge is 2.52. The zero-order chi connectivity index (χ0) is 26.0. The lowest BCUT2D eigenvalue weighted by molar-refractivity contribution is -0.129. The normalized spacial score (nSPS) is 18.7. The zero-order valence-corrected chi connectivity index (χ0v) is 20.8. The van der Waals surface area contributed by atoms with Crippen molar-refractivity contribution in [3.8, 4) is 5.75 Å². The third kappa shape index (κ3) is 6.24. The zero-order valence-electron chi connectivity index (χ0n) is 20.8. The minimum absolute atomic E-state index is 0.0650. The highest BCUT2D eigenvalue weighted by Crippen LogP contribution is 2.44. The molecule has 0 aliphatic carbocycles. The number of ether oxygens (including phenoxy) is 2. The predicted octanol–water partition coefficient (Wildman–Crippen LogP) is 4.86. The topological polar surface area (TPSA) is 129 Å². The lowest BCUT2D eigenvalue weighted by Gasteiger charge is -2.31. The van der Waals surface area contributed by atoms with Crippen molar-refractivity contribution >= 4 is 11.8 Å². The number of azide groups is 1. The molecule has 2 aromatic carbocycles. The van der Waals surface area contributed by atoms with Crippen LogP contribution in [0.15, 0.2) is 71.3 Å². The molecule has 190 valence electrons. The molecule has 0 unspecified atom stereocenters. The van der Waals surface area contributed by atoms with Crippen molar-refractivity contribution in [3.05, 3.63) is 88.3 Å². The molecule has 2 N–H and O–H groups in total. The molecule has 9 nitrogen and oxygen atoms in total. The number of aliphatic imine (C=N–C) groups is 1. The van der Waals surface area contributed by atoms with E-state index < -0.39 is 11.6 Å². The van der Waals surface area contributed by atoms with Gasteiger partial charge in [-0.2, -0.15) is 0 Å². The lowest BCUT2D eigenvalue weighted by Crippen LogP contribution is -2.49. The smallest absolute Gasteiger partial charge is 0.252 e. The number of aliphatic hydroxyl groups is 1. The molecular formula is C27H33N5O4. The number of nitrogens with one attached hydrogen (secondary N) is 1. The van der Waals surface area contributed by atoms with Crippen LogP contribution in [0.4, 0.5) is 0 Å². The third-order valence-corrected chi connectivity index (χ3v) is 5.80. The van der Waals surface area contributed by atoms with Gasteiger partial charge in [-0.3, -0.25) is 4.79 Å². The number of hydrogen-bond acceptors (Lipinski definition) is 6. The summed E-state index contributed by atoms with van der Waals surface area (Å²) in [5.41, 5.74) is 9.77. The second-order valence-electron chi connectivity index (χ2n) is 8.97. The summed E-state index contributed by atoms with van der Waals surface area (Å²) in [6.45, 7) is 9.03. The fourth-order valence-electron chi connectivity index (χ4n) is 4.00. The molecule has 0 fully saturated rings. The van der Waals surface area contributed by atoms with Crippen molar-refractivity contribution in [2.75, 3.05) is 19.8 Å². The van der Waals surface area contributed by atoms with Gasteiger partial charge in [-0.1, -0.05) is 49.3 Å². The van der Waals surface area contributed by atoms with Gasteiger partial charge in [-0.05, 0) is 46.8 Å². The Kier molecular flexibility index (Phi) is 9.50. The molecule has 1 aliphatic heterocycles. The summed E-state index contributed by atoms with van der Waals surface area (Å²) >= 11 is 0. The Morgan fingerprint density at radius 2 is 2.08 bits per heavy atom. The van der Waals surface area contributed by atoms with Crippen molar-refractivity contribution in [1.82, 2.24) is 5.32 Å². The third-order valence-electron chi connectivity index (χ3n) is 5.80. The van der Waals surface area contributed by atoms with Gasteiger partial charge < -0.3 is 19.9 Å². The number of carbonyl (C=O) groups is 1. The molecule has 2 atom stereocenters. The molecule has 3 rings (SSSR count). The van der Waals surface area contributed by atoms with Gasteiger partial charge in [0.05, 0.1) is 13.2 Å². The Morgan fingerprint density at radius 3 is 2.75 bits per heavy atom. The van der Waals surface area contributed by atoms with E-state index in [4.69, 9.17) is 25.1 Å². The van der Waals surface area contributed by atoms with E-state index in [-0.39, 0.29) is 31.4 Å². The predicted molar refractivity (Wildman–Crippen MR) is 139 cm³/mol. The Bertz CT molecular complexity index is 1130. The van der Waals surface area contributed by atoms with Gasteiger partial charge in [0.1, 0.15) is 5.75 Å². The van der Waals surface area contributed by atoms with Crippen molar-refractivity contribution < 1.29 is 19.4 Å². The van der Waals surface area contributed by atoms with E-state index in [0.717, 1.165) is 11.1 Å². The van der Waals surface area contributed by atoms with Crippen molar-refractivity contribution in [2.24, 2.45) is 16.0 Å². The molecule has 0 radical (unpaired) electrons. The monoisotopic (exact) mass is 491 g/mol. The van der Waals surface area contributed by atoms with Gasteiger partial charge >= 0.3 is 0 Å². The fraction of sp³-hybridized carbons (Fsp3) is 0.407. The van der Waals surface area contributed by atoms with Crippen LogP contribution >= 0.6 is 0 Å². The highest BCUT2D eigenvalue weighted by molar-refractivity contribution is 6.01. The molecule has 0 spiro atoms. The number of nitrogens with zero attached hydrogens (tertiary/aromatic N) is 4. The van der Waals surface area contributed by atoms with Gasteiger partial charge in [0, 0.05) is 36.5 Å². The maximum absolute atomic E-state index is 13.7. The molecule has 1 aliphatic rings. The molecule has 0 saturated heterocycles. The first-order valence-corrected chi connectivity index (χ1v) is 12.0. The standard InChI is InChI=1S/C27H33N5O4/c1-4-14-27(26(34)29-17-19(2)3)24(23-9-6-5-8-21(23)18-30-32-28)36-25(31-27)20-10-12-22(13-11-20)35-16-7-15-33/h4-6,8-13,19,24,33H,1,7,14-18H2,2-3H3,(H,29,34)/t24-,27-/m1/s1. The summed E-state index contributed by atoms with van der Waals surface area (Å²) in [5, 5.41) is 15.7. The molecule has 1 amide bonds. The van der Waals surface area contributed by atoms with Crippen molar-refractivity contribution in [1.29, 1.82) is 0 Å². The molecule has 0 bridgehead atoms. The first-order chi connectivity index (χ1) is 17.4. The number of amides is 1. The molecule has 0 saturated carbocycles. The fourth-order valence-corrected chi connectivity index (χ4v) is 4.00. The Balaban J connectivity index is 2.04. The van der Waals surface area contributed by atoms with Crippen LogP contribution in [0.5, 0.6) is 5.75 Å². The number of aliphatic hydroxyl groups excluding tert-OH is 1. The lowest BCUT2D eigenvalue weighted by atomic mass is 9.82. The summed E-state index contributed by atoms with van der Waals surface area (Å²) in [6.07, 6.45) is 1.72. The Labute approximate surface area is 211 Å².